The van der Waals surface area contributed by atoms with Crippen LogP contribution in [0, 0.1) is 0 Å². The van der Waals surface area contributed by atoms with Crippen LogP contribution in [0.2, 0.25) is 0 Å². The van der Waals surface area contributed by atoms with E-state index in [0.717, 1.165) is 5.69 Å². The van der Waals surface area contributed by atoms with Crippen molar-refractivity contribution in [2.24, 2.45) is 10.9 Å². The molecule has 1 aromatic heterocycles. The summed E-state index contributed by atoms with van der Waals surface area (Å²) < 4.78 is 0. The predicted octanol–water partition coefficient (Wildman–Crippen LogP) is -0.314. The zero-order valence-electron chi connectivity index (χ0n) is 6.24. The van der Waals surface area contributed by atoms with Crippen LogP contribution in [0.25, 0.3) is 0 Å². The Hall–Kier alpha value is -1.40. The molecule has 1 heterocycles. The number of hydrogen-bond donors (Lipinski definition) is 4. The number of rotatable bonds is 2. The molecule has 5 nitrogen and oxygen atoms in total. The summed E-state index contributed by atoms with van der Waals surface area (Å²) in [6.45, 7) is 0. The molecule has 0 bridgehead atoms. The van der Waals surface area contributed by atoms with Crippen molar-refractivity contribution in [2.75, 3.05) is 0 Å². The molecular weight excluding hydrogens is 174 g/mol. The molecule has 1 rings (SSSR count). The molecule has 0 saturated heterocycles. The minimum Gasteiger partial charge on any atom is -0.360 e. The van der Waals surface area contributed by atoms with E-state index in [1.807, 2.05) is 12.1 Å². The van der Waals surface area contributed by atoms with Crippen LogP contribution >= 0.6 is 12.2 Å². The second-order valence-corrected chi connectivity index (χ2v) is 2.38. The fourth-order valence-corrected chi connectivity index (χ4v) is 0.670. The highest BCUT2D eigenvalue weighted by Gasteiger charge is 1.86. The molecule has 0 amide bonds. The molecule has 0 aliphatic heterocycles. The van der Waals surface area contributed by atoms with Crippen molar-refractivity contribution in [1.29, 1.82) is 0 Å². The van der Waals surface area contributed by atoms with Gasteiger partial charge in [0, 0.05) is 6.20 Å². The molecule has 0 aliphatic carbocycles. The average molecular weight is 183 g/mol. The topological polar surface area (TPSA) is 78.2 Å². The van der Waals surface area contributed by atoms with Gasteiger partial charge in [-0.05, 0) is 24.4 Å². The van der Waals surface area contributed by atoms with Crippen molar-refractivity contribution in [3.8, 4) is 0 Å². The van der Waals surface area contributed by atoms with Crippen molar-refractivity contribution in [3.63, 3.8) is 0 Å². The van der Waals surface area contributed by atoms with Crippen LogP contribution in [-0.2, 0) is 0 Å². The van der Waals surface area contributed by atoms with Crippen molar-refractivity contribution >= 4 is 23.5 Å². The SMILES string of the molecule is NNC(=S)N/N=C\c1ccc[nH]1. The average Bonchev–Trinajstić information content (AvgIpc) is 2.57. The third-order valence-corrected chi connectivity index (χ3v) is 1.33. The number of H-pyrrole nitrogens is 1. The number of hydrazone groups is 1. The monoisotopic (exact) mass is 183 g/mol. The zero-order chi connectivity index (χ0) is 8.81. The first-order chi connectivity index (χ1) is 5.83. The van der Waals surface area contributed by atoms with Gasteiger partial charge in [0.1, 0.15) is 0 Å². The lowest BCUT2D eigenvalue weighted by Gasteiger charge is -1.97. The van der Waals surface area contributed by atoms with Crippen LogP contribution in [0.4, 0.5) is 0 Å². The number of aromatic nitrogens is 1. The van der Waals surface area contributed by atoms with Crippen LogP contribution in [0.15, 0.2) is 23.4 Å². The molecule has 0 aromatic carbocycles. The van der Waals surface area contributed by atoms with Crippen LogP contribution in [0.5, 0.6) is 0 Å². The van der Waals surface area contributed by atoms with Gasteiger partial charge in [0.2, 0.25) is 5.11 Å². The Kier molecular flexibility index (Phi) is 3.24. The molecule has 0 unspecified atom stereocenters. The summed E-state index contributed by atoms with van der Waals surface area (Å²) in [7, 11) is 0. The smallest absolute Gasteiger partial charge is 0.201 e. The molecule has 12 heavy (non-hydrogen) atoms. The van der Waals surface area contributed by atoms with Gasteiger partial charge in [0.05, 0.1) is 11.9 Å². The lowest BCUT2D eigenvalue weighted by Crippen LogP contribution is -2.37. The molecule has 0 spiro atoms. The number of thiocarbonyl (C=S) groups is 1. The summed E-state index contributed by atoms with van der Waals surface area (Å²) in [6, 6.07) is 3.75. The summed E-state index contributed by atoms with van der Waals surface area (Å²) in [5, 5.41) is 4.07. The van der Waals surface area contributed by atoms with E-state index >= 15 is 0 Å². The number of hydrazine groups is 1. The van der Waals surface area contributed by atoms with Crippen molar-refractivity contribution in [3.05, 3.63) is 24.0 Å². The van der Waals surface area contributed by atoms with Gasteiger partial charge in [-0.1, -0.05) is 0 Å². The first-order valence-electron chi connectivity index (χ1n) is 3.26. The number of nitrogens with zero attached hydrogens (tertiary/aromatic N) is 1. The Morgan fingerprint density at radius 3 is 3.17 bits per heavy atom. The van der Waals surface area contributed by atoms with E-state index < -0.39 is 0 Å². The first-order valence-corrected chi connectivity index (χ1v) is 3.67. The summed E-state index contributed by atoms with van der Waals surface area (Å²) in [6.07, 6.45) is 3.41. The van der Waals surface area contributed by atoms with Crippen LogP contribution in [-0.4, -0.2) is 16.3 Å². The quantitative estimate of drug-likeness (QED) is 0.219. The van der Waals surface area contributed by atoms with Gasteiger partial charge in [-0.2, -0.15) is 5.10 Å². The highest BCUT2D eigenvalue weighted by molar-refractivity contribution is 7.80. The molecular formula is C6H9N5S. The maximum atomic E-state index is 5.00. The Bertz CT molecular complexity index is 265. The lowest BCUT2D eigenvalue weighted by atomic mass is 10.5. The summed E-state index contributed by atoms with van der Waals surface area (Å²) in [5.41, 5.74) is 5.65. The van der Waals surface area contributed by atoms with E-state index in [1.54, 1.807) is 12.4 Å². The van der Waals surface area contributed by atoms with E-state index in [-0.39, 0.29) is 5.11 Å². The van der Waals surface area contributed by atoms with Gasteiger partial charge in [-0.3, -0.25) is 10.9 Å². The molecule has 0 fully saturated rings. The van der Waals surface area contributed by atoms with E-state index in [4.69, 9.17) is 5.84 Å². The minimum absolute atomic E-state index is 0.276. The maximum absolute atomic E-state index is 5.00. The summed E-state index contributed by atoms with van der Waals surface area (Å²) in [4.78, 5) is 2.94. The van der Waals surface area contributed by atoms with E-state index in [1.165, 1.54) is 0 Å². The van der Waals surface area contributed by atoms with E-state index in [2.05, 4.69) is 33.2 Å². The summed E-state index contributed by atoms with van der Waals surface area (Å²) >= 11 is 4.68. The van der Waals surface area contributed by atoms with Gasteiger partial charge < -0.3 is 4.98 Å². The highest BCUT2D eigenvalue weighted by Crippen LogP contribution is 1.87. The van der Waals surface area contributed by atoms with Crippen molar-refractivity contribution in [2.45, 2.75) is 0 Å². The zero-order valence-corrected chi connectivity index (χ0v) is 7.06. The molecule has 5 N–H and O–H groups in total. The maximum Gasteiger partial charge on any atom is 0.201 e. The van der Waals surface area contributed by atoms with Crippen LogP contribution in [0.1, 0.15) is 5.69 Å². The molecule has 0 saturated carbocycles. The fraction of sp³-hybridized carbons (Fsp3) is 0. The second-order valence-electron chi connectivity index (χ2n) is 1.97. The van der Waals surface area contributed by atoms with Gasteiger partial charge in [0.15, 0.2) is 0 Å². The molecule has 0 atom stereocenters. The Labute approximate surface area is 75.0 Å². The fourth-order valence-electron chi connectivity index (χ4n) is 0.617. The van der Waals surface area contributed by atoms with Crippen LogP contribution < -0.4 is 16.7 Å². The number of nitrogens with two attached hydrogens (primary N) is 1. The minimum atomic E-state index is 0.276. The normalized spacial score (nSPS) is 10.1. The first kappa shape index (κ1) is 8.69. The van der Waals surface area contributed by atoms with Gasteiger partial charge in [0.25, 0.3) is 0 Å². The number of hydrogen-bond acceptors (Lipinski definition) is 3. The number of aromatic amines is 1. The van der Waals surface area contributed by atoms with E-state index in [9.17, 15) is 0 Å². The van der Waals surface area contributed by atoms with Gasteiger partial charge in [-0.15, -0.1) is 0 Å². The predicted molar refractivity (Wildman–Crippen MR) is 51.4 cm³/mol. The Balaban J connectivity index is 2.37. The standard InChI is InChI=1S/C6H9N5S/c7-10-6(12)11-9-4-5-2-1-3-8-5/h1-4,8H,7H2,(H2,10,11,12)/b9-4-. The molecule has 0 radical (unpaired) electrons. The summed E-state index contributed by atoms with van der Waals surface area (Å²) in [5.74, 6) is 5.00. The van der Waals surface area contributed by atoms with Crippen LogP contribution in [0.3, 0.4) is 0 Å². The van der Waals surface area contributed by atoms with E-state index in [0.29, 0.717) is 0 Å². The Morgan fingerprint density at radius 2 is 2.58 bits per heavy atom. The van der Waals surface area contributed by atoms with Gasteiger partial charge >= 0.3 is 0 Å². The van der Waals surface area contributed by atoms with Crippen molar-refractivity contribution in [1.82, 2.24) is 15.8 Å². The molecule has 0 aliphatic rings. The molecule has 6 heteroatoms. The third-order valence-electron chi connectivity index (χ3n) is 1.12. The van der Waals surface area contributed by atoms with Gasteiger partial charge in [-0.25, -0.2) is 5.84 Å². The molecule has 64 valence electrons. The number of nitrogens with one attached hydrogen (secondary N) is 3. The Morgan fingerprint density at radius 1 is 1.75 bits per heavy atom. The highest BCUT2D eigenvalue weighted by atomic mass is 32.1. The second kappa shape index (κ2) is 4.47. The molecule has 1 aromatic rings. The van der Waals surface area contributed by atoms with Crippen molar-refractivity contribution < 1.29 is 0 Å². The largest absolute Gasteiger partial charge is 0.360 e. The third kappa shape index (κ3) is 2.69. The lowest BCUT2D eigenvalue weighted by molar-refractivity contribution is 0.930.